The SMILES string of the molecule is NC(=O)Cc1ccccc1NCc1cscn1. The first-order valence-electron chi connectivity index (χ1n) is 5.23. The van der Waals surface area contributed by atoms with Crippen LogP contribution in [0.5, 0.6) is 0 Å². The predicted octanol–water partition coefficient (Wildman–Crippen LogP) is 1.78. The number of amides is 1. The van der Waals surface area contributed by atoms with Gasteiger partial charge in [0, 0.05) is 11.1 Å². The highest BCUT2D eigenvalue weighted by molar-refractivity contribution is 7.07. The number of carbonyl (C=O) groups is 1. The molecule has 3 N–H and O–H groups in total. The maximum atomic E-state index is 10.9. The van der Waals surface area contributed by atoms with Crippen LogP contribution in [0.25, 0.3) is 0 Å². The number of benzene rings is 1. The van der Waals surface area contributed by atoms with Crippen molar-refractivity contribution in [1.82, 2.24) is 4.98 Å². The van der Waals surface area contributed by atoms with Gasteiger partial charge in [-0.1, -0.05) is 18.2 Å². The third-order valence-electron chi connectivity index (χ3n) is 2.33. The summed E-state index contributed by atoms with van der Waals surface area (Å²) in [6, 6.07) is 7.65. The Morgan fingerprint density at radius 2 is 2.24 bits per heavy atom. The van der Waals surface area contributed by atoms with Gasteiger partial charge < -0.3 is 11.1 Å². The fourth-order valence-corrected chi connectivity index (χ4v) is 2.10. The van der Waals surface area contributed by atoms with Crippen molar-refractivity contribution in [3.63, 3.8) is 0 Å². The Kier molecular flexibility index (Phi) is 3.72. The lowest BCUT2D eigenvalue weighted by Crippen LogP contribution is -2.15. The highest BCUT2D eigenvalue weighted by Crippen LogP contribution is 2.16. The molecule has 88 valence electrons. The third kappa shape index (κ3) is 3.29. The van der Waals surface area contributed by atoms with Gasteiger partial charge in [-0.15, -0.1) is 11.3 Å². The quantitative estimate of drug-likeness (QED) is 0.846. The van der Waals surface area contributed by atoms with Crippen LogP contribution >= 0.6 is 11.3 Å². The second-order valence-electron chi connectivity index (χ2n) is 3.63. The molecule has 2 rings (SSSR count). The fraction of sp³-hybridized carbons (Fsp3) is 0.167. The smallest absolute Gasteiger partial charge is 0.221 e. The number of aromatic nitrogens is 1. The zero-order valence-corrected chi connectivity index (χ0v) is 10.0. The average molecular weight is 247 g/mol. The van der Waals surface area contributed by atoms with E-state index in [1.165, 1.54) is 0 Å². The highest BCUT2D eigenvalue weighted by Gasteiger charge is 2.04. The van der Waals surface area contributed by atoms with Gasteiger partial charge in [0.05, 0.1) is 24.2 Å². The van der Waals surface area contributed by atoms with Crippen LogP contribution in [0, 0.1) is 0 Å². The van der Waals surface area contributed by atoms with Crippen LogP contribution in [0.1, 0.15) is 11.3 Å². The largest absolute Gasteiger partial charge is 0.379 e. The number of carbonyl (C=O) groups excluding carboxylic acids is 1. The van der Waals surface area contributed by atoms with Crippen molar-refractivity contribution in [2.45, 2.75) is 13.0 Å². The highest BCUT2D eigenvalue weighted by atomic mass is 32.1. The summed E-state index contributed by atoms with van der Waals surface area (Å²) >= 11 is 1.56. The Hall–Kier alpha value is -1.88. The van der Waals surface area contributed by atoms with Crippen molar-refractivity contribution in [2.75, 3.05) is 5.32 Å². The van der Waals surface area contributed by atoms with Gasteiger partial charge in [0.2, 0.25) is 5.91 Å². The van der Waals surface area contributed by atoms with Crippen LogP contribution in [0.4, 0.5) is 5.69 Å². The predicted molar refractivity (Wildman–Crippen MR) is 68.8 cm³/mol. The van der Waals surface area contributed by atoms with E-state index in [1.807, 2.05) is 29.6 Å². The van der Waals surface area contributed by atoms with E-state index >= 15 is 0 Å². The summed E-state index contributed by atoms with van der Waals surface area (Å²) in [5.41, 5.74) is 9.84. The Morgan fingerprint density at radius 3 is 2.94 bits per heavy atom. The van der Waals surface area contributed by atoms with Gasteiger partial charge in [0.15, 0.2) is 0 Å². The van der Waals surface area contributed by atoms with Crippen molar-refractivity contribution >= 4 is 22.9 Å². The minimum Gasteiger partial charge on any atom is -0.379 e. The van der Waals surface area contributed by atoms with E-state index in [0.29, 0.717) is 6.54 Å². The number of hydrogen-bond acceptors (Lipinski definition) is 4. The van der Waals surface area contributed by atoms with Gasteiger partial charge in [-0.3, -0.25) is 4.79 Å². The second-order valence-corrected chi connectivity index (χ2v) is 4.35. The average Bonchev–Trinajstić information content (AvgIpc) is 2.80. The molecule has 0 radical (unpaired) electrons. The van der Waals surface area contributed by atoms with Crippen LogP contribution in [-0.2, 0) is 17.8 Å². The number of rotatable bonds is 5. The maximum absolute atomic E-state index is 10.9. The molecule has 1 heterocycles. The molecule has 0 aliphatic carbocycles. The van der Waals surface area contributed by atoms with Gasteiger partial charge in [-0.25, -0.2) is 4.98 Å². The van der Waals surface area contributed by atoms with Crippen molar-refractivity contribution in [3.05, 3.63) is 46.4 Å². The Labute approximate surface area is 103 Å². The molecular weight excluding hydrogens is 234 g/mol. The van der Waals surface area contributed by atoms with Gasteiger partial charge in [-0.2, -0.15) is 0 Å². The first-order chi connectivity index (χ1) is 8.25. The first-order valence-corrected chi connectivity index (χ1v) is 6.17. The molecule has 0 fully saturated rings. The molecule has 0 aliphatic heterocycles. The number of para-hydroxylation sites is 1. The molecule has 1 amide bonds. The van der Waals surface area contributed by atoms with Crippen LogP contribution in [0.15, 0.2) is 35.2 Å². The minimum atomic E-state index is -0.326. The molecule has 4 nitrogen and oxygen atoms in total. The second kappa shape index (κ2) is 5.45. The molecule has 5 heteroatoms. The number of nitrogens with one attached hydrogen (secondary N) is 1. The first kappa shape index (κ1) is 11.6. The Balaban J connectivity index is 2.06. The molecule has 17 heavy (non-hydrogen) atoms. The molecule has 1 aromatic carbocycles. The molecule has 0 atom stereocenters. The Bertz CT molecular complexity index is 496. The van der Waals surface area contributed by atoms with Crippen molar-refractivity contribution < 1.29 is 4.79 Å². The topological polar surface area (TPSA) is 68.0 Å². The summed E-state index contributed by atoms with van der Waals surface area (Å²) in [6.07, 6.45) is 0.250. The summed E-state index contributed by atoms with van der Waals surface area (Å²) in [7, 11) is 0. The summed E-state index contributed by atoms with van der Waals surface area (Å²) in [4.78, 5) is 15.1. The van der Waals surface area contributed by atoms with E-state index in [4.69, 9.17) is 5.73 Å². The van der Waals surface area contributed by atoms with Gasteiger partial charge in [0.1, 0.15) is 0 Å². The number of nitrogens with two attached hydrogens (primary N) is 1. The van der Waals surface area contributed by atoms with Crippen LogP contribution < -0.4 is 11.1 Å². The lowest BCUT2D eigenvalue weighted by molar-refractivity contribution is -0.117. The van der Waals surface area contributed by atoms with Gasteiger partial charge >= 0.3 is 0 Å². The van der Waals surface area contributed by atoms with Crippen LogP contribution in [0.3, 0.4) is 0 Å². The molecular formula is C12H13N3OS. The fourth-order valence-electron chi connectivity index (χ4n) is 1.55. The van der Waals surface area contributed by atoms with Crippen molar-refractivity contribution in [1.29, 1.82) is 0 Å². The van der Waals surface area contributed by atoms with Gasteiger partial charge in [-0.05, 0) is 11.6 Å². The van der Waals surface area contributed by atoms with Crippen LogP contribution in [0.2, 0.25) is 0 Å². The zero-order chi connectivity index (χ0) is 12.1. The van der Waals surface area contributed by atoms with Gasteiger partial charge in [0.25, 0.3) is 0 Å². The molecule has 0 saturated carbocycles. The van der Waals surface area contributed by atoms with E-state index in [9.17, 15) is 4.79 Å². The third-order valence-corrected chi connectivity index (χ3v) is 2.96. The van der Waals surface area contributed by atoms with E-state index in [-0.39, 0.29) is 12.3 Å². The maximum Gasteiger partial charge on any atom is 0.221 e. The summed E-state index contributed by atoms with van der Waals surface area (Å²) in [6.45, 7) is 0.652. The lowest BCUT2D eigenvalue weighted by Gasteiger charge is -2.09. The van der Waals surface area contributed by atoms with E-state index in [1.54, 1.807) is 16.8 Å². The van der Waals surface area contributed by atoms with Crippen LogP contribution in [-0.4, -0.2) is 10.9 Å². The lowest BCUT2D eigenvalue weighted by atomic mass is 10.1. The van der Waals surface area contributed by atoms with Crippen molar-refractivity contribution in [3.8, 4) is 0 Å². The molecule has 1 aromatic heterocycles. The van der Waals surface area contributed by atoms with E-state index in [2.05, 4.69) is 10.3 Å². The summed E-state index contributed by atoms with van der Waals surface area (Å²) in [5.74, 6) is -0.326. The number of anilines is 1. The molecule has 2 aromatic rings. The number of nitrogens with zero attached hydrogens (tertiary/aromatic N) is 1. The molecule has 0 spiro atoms. The summed E-state index contributed by atoms with van der Waals surface area (Å²) < 4.78 is 0. The number of primary amides is 1. The zero-order valence-electron chi connectivity index (χ0n) is 9.22. The standard InChI is InChI=1S/C12H13N3OS/c13-12(16)5-9-3-1-2-4-11(9)14-6-10-7-17-8-15-10/h1-4,7-8,14H,5-6H2,(H2,13,16). The van der Waals surface area contributed by atoms with E-state index in [0.717, 1.165) is 16.9 Å². The molecule has 0 saturated heterocycles. The molecule has 0 unspecified atom stereocenters. The monoisotopic (exact) mass is 247 g/mol. The molecule has 0 bridgehead atoms. The minimum absolute atomic E-state index is 0.250. The van der Waals surface area contributed by atoms with Crippen molar-refractivity contribution in [2.24, 2.45) is 5.73 Å². The molecule has 0 aliphatic rings. The number of thiazole rings is 1. The summed E-state index contributed by atoms with van der Waals surface area (Å²) in [5, 5.41) is 5.25. The normalized spacial score (nSPS) is 10.1. The Morgan fingerprint density at radius 1 is 1.41 bits per heavy atom. The van der Waals surface area contributed by atoms with E-state index < -0.39 is 0 Å². The number of hydrogen-bond donors (Lipinski definition) is 2.